The van der Waals surface area contributed by atoms with E-state index in [1.165, 1.54) is 51.6 Å². The van der Waals surface area contributed by atoms with Gasteiger partial charge in [0.15, 0.2) is 0 Å². The predicted octanol–water partition coefficient (Wildman–Crippen LogP) is 4.34. The molecule has 0 saturated carbocycles. The van der Waals surface area contributed by atoms with Crippen molar-refractivity contribution in [1.29, 1.82) is 0 Å². The molecule has 0 aliphatic carbocycles. The van der Waals surface area contributed by atoms with Gasteiger partial charge in [-0.05, 0) is 59.2 Å². The molecular weight excluding hydrogens is 222 g/mol. The van der Waals surface area contributed by atoms with Crippen LogP contribution in [0.3, 0.4) is 0 Å². The van der Waals surface area contributed by atoms with Crippen LogP contribution >= 0.6 is 0 Å². The lowest BCUT2D eigenvalue weighted by atomic mass is 10.1. The van der Waals surface area contributed by atoms with E-state index >= 15 is 0 Å². The van der Waals surface area contributed by atoms with Crippen LogP contribution in [0.25, 0.3) is 0 Å². The van der Waals surface area contributed by atoms with Gasteiger partial charge < -0.3 is 9.64 Å². The van der Waals surface area contributed by atoms with E-state index in [0.29, 0.717) is 6.10 Å². The molecule has 0 rings (SSSR count). The smallest absolute Gasteiger partial charge is 0.0518 e. The van der Waals surface area contributed by atoms with E-state index in [9.17, 15) is 0 Å². The Hall–Kier alpha value is -0.0800. The molecule has 0 aliphatic heterocycles. The summed E-state index contributed by atoms with van der Waals surface area (Å²) in [6, 6.07) is 0. The number of hydrogen-bond donors (Lipinski definition) is 0. The molecule has 0 saturated heterocycles. The summed E-state index contributed by atoms with van der Waals surface area (Å²) >= 11 is 0. The zero-order valence-electron chi connectivity index (χ0n) is 13.4. The van der Waals surface area contributed by atoms with Crippen LogP contribution in [0.5, 0.6) is 0 Å². The van der Waals surface area contributed by atoms with Gasteiger partial charge in [0.25, 0.3) is 0 Å². The summed E-state index contributed by atoms with van der Waals surface area (Å²) in [6.45, 7) is 12.3. The Morgan fingerprint density at radius 2 is 1.44 bits per heavy atom. The van der Waals surface area contributed by atoms with E-state index in [1.54, 1.807) is 0 Å². The topological polar surface area (TPSA) is 12.5 Å². The number of rotatable bonds is 12. The van der Waals surface area contributed by atoms with Crippen LogP contribution in [0.2, 0.25) is 0 Å². The molecule has 0 bridgehead atoms. The van der Waals surface area contributed by atoms with Crippen LogP contribution < -0.4 is 0 Å². The Labute approximate surface area is 115 Å². The zero-order valence-corrected chi connectivity index (χ0v) is 13.4. The van der Waals surface area contributed by atoms with Crippen molar-refractivity contribution in [3.63, 3.8) is 0 Å². The van der Waals surface area contributed by atoms with Crippen LogP contribution in [0.15, 0.2) is 0 Å². The van der Waals surface area contributed by atoms with Gasteiger partial charge in [0.2, 0.25) is 0 Å². The van der Waals surface area contributed by atoms with Crippen molar-refractivity contribution in [2.45, 2.75) is 72.3 Å². The Kier molecular flexibility index (Phi) is 11.9. The van der Waals surface area contributed by atoms with Gasteiger partial charge in [-0.2, -0.15) is 0 Å². The van der Waals surface area contributed by atoms with Gasteiger partial charge >= 0.3 is 0 Å². The van der Waals surface area contributed by atoms with Gasteiger partial charge in [-0.15, -0.1) is 0 Å². The number of hydrogen-bond acceptors (Lipinski definition) is 2. The summed E-state index contributed by atoms with van der Waals surface area (Å²) in [5, 5.41) is 0. The number of unbranched alkanes of at least 4 members (excludes halogenated alkanes) is 4. The third-order valence-electron chi connectivity index (χ3n) is 3.22. The molecule has 110 valence electrons. The second kappa shape index (κ2) is 12.0. The number of ether oxygens (including phenoxy) is 1. The van der Waals surface area contributed by atoms with Crippen LogP contribution in [0.1, 0.15) is 66.2 Å². The fourth-order valence-corrected chi connectivity index (χ4v) is 1.92. The van der Waals surface area contributed by atoms with E-state index in [0.717, 1.165) is 12.5 Å². The van der Waals surface area contributed by atoms with Crippen LogP contribution in [0.4, 0.5) is 0 Å². The Balaban J connectivity index is 3.15. The normalized spacial score (nSPS) is 12.0. The van der Waals surface area contributed by atoms with Gasteiger partial charge in [0, 0.05) is 6.61 Å². The lowest BCUT2D eigenvalue weighted by molar-refractivity contribution is 0.0756. The van der Waals surface area contributed by atoms with Crippen LogP contribution in [-0.4, -0.2) is 37.7 Å². The van der Waals surface area contributed by atoms with Gasteiger partial charge in [0.1, 0.15) is 0 Å². The molecule has 0 radical (unpaired) electrons. The second-order valence-electron chi connectivity index (χ2n) is 6.17. The average Bonchev–Trinajstić information content (AvgIpc) is 2.29. The molecule has 0 spiro atoms. The lowest BCUT2D eigenvalue weighted by Crippen LogP contribution is -2.22. The highest BCUT2D eigenvalue weighted by molar-refractivity contribution is 4.55. The standard InChI is InChI=1S/C16H35NO/c1-15(2)11-13-17(5)12-9-7-6-8-10-14-18-16(3)4/h15-16H,6-14H2,1-5H3. The van der Waals surface area contributed by atoms with Crippen molar-refractivity contribution in [3.05, 3.63) is 0 Å². The first kappa shape index (κ1) is 17.9. The quantitative estimate of drug-likeness (QED) is 0.482. The predicted molar refractivity (Wildman–Crippen MR) is 81.1 cm³/mol. The highest BCUT2D eigenvalue weighted by Gasteiger charge is 2.00. The van der Waals surface area contributed by atoms with E-state index in [-0.39, 0.29) is 0 Å². The summed E-state index contributed by atoms with van der Waals surface area (Å²) < 4.78 is 5.53. The molecule has 0 atom stereocenters. The number of nitrogens with zero attached hydrogens (tertiary/aromatic N) is 1. The third kappa shape index (κ3) is 14.0. The highest BCUT2D eigenvalue weighted by Crippen LogP contribution is 2.06. The Morgan fingerprint density at radius 3 is 2.06 bits per heavy atom. The summed E-state index contributed by atoms with van der Waals surface area (Å²) in [7, 11) is 2.25. The Bertz CT molecular complexity index is 168. The van der Waals surface area contributed by atoms with E-state index < -0.39 is 0 Å². The SMILES string of the molecule is CC(C)CCN(C)CCCCCCCOC(C)C. The maximum atomic E-state index is 5.53. The first-order valence-corrected chi connectivity index (χ1v) is 7.82. The molecule has 18 heavy (non-hydrogen) atoms. The van der Waals surface area contributed by atoms with Crippen molar-refractivity contribution in [2.75, 3.05) is 26.7 Å². The molecule has 0 aromatic rings. The first-order chi connectivity index (χ1) is 8.52. The maximum Gasteiger partial charge on any atom is 0.0518 e. The van der Waals surface area contributed by atoms with Crippen LogP contribution in [-0.2, 0) is 4.74 Å². The fourth-order valence-electron chi connectivity index (χ4n) is 1.92. The van der Waals surface area contributed by atoms with Crippen molar-refractivity contribution in [1.82, 2.24) is 4.90 Å². The fraction of sp³-hybridized carbons (Fsp3) is 1.00. The molecule has 0 aliphatic rings. The minimum atomic E-state index is 0.389. The van der Waals surface area contributed by atoms with Gasteiger partial charge in [-0.25, -0.2) is 0 Å². The van der Waals surface area contributed by atoms with E-state index in [4.69, 9.17) is 4.74 Å². The lowest BCUT2D eigenvalue weighted by Gasteiger charge is -2.17. The van der Waals surface area contributed by atoms with Crippen LogP contribution in [0, 0.1) is 5.92 Å². The van der Waals surface area contributed by atoms with Crippen molar-refractivity contribution < 1.29 is 4.74 Å². The molecule has 0 heterocycles. The van der Waals surface area contributed by atoms with E-state index in [2.05, 4.69) is 39.6 Å². The molecule has 0 aromatic heterocycles. The van der Waals surface area contributed by atoms with E-state index in [1.807, 2.05) is 0 Å². The maximum absolute atomic E-state index is 5.53. The molecule has 0 aromatic carbocycles. The molecule has 0 N–H and O–H groups in total. The van der Waals surface area contributed by atoms with Gasteiger partial charge in [0.05, 0.1) is 6.10 Å². The molecule has 0 unspecified atom stereocenters. The minimum Gasteiger partial charge on any atom is -0.379 e. The van der Waals surface area contributed by atoms with Gasteiger partial charge in [-0.1, -0.05) is 33.1 Å². The monoisotopic (exact) mass is 257 g/mol. The zero-order chi connectivity index (χ0) is 13.8. The second-order valence-corrected chi connectivity index (χ2v) is 6.17. The summed E-state index contributed by atoms with van der Waals surface area (Å²) in [5.74, 6) is 0.827. The Morgan fingerprint density at radius 1 is 0.833 bits per heavy atom. The van der Waals surface area contributed by atoms with Crippen molar-refractivity contribution in [2.24, 2.45) is 5.92 Å². The highest BCUT2D eigenvalue weighted by atomic mass is 16.5. The van der Waals surface area contributed by atoms with Crippen molar-refractivity contribution in [3.8, 4) is 0 Å². The summed E-state index contributed by atoms with van der Waals surface area (Å²) in [6.07, 6.45) is 8.33. The third-order valence-corrected chi connectivity index (χ3v) is 3.22. The molecule has 0 amide bonds. The van der Waals surface area contributed by atoms with Crippen molar-refractivity contribution >= 4 is 0 Å². The molecule has 2 heteroatoms. The van der Waals surface area contributed by atoms with Gasteiger partial charge in [-0.3, -0.25) is 0 Å². The minimum absolute atomic E-state index is 0.389. The summed E-state index contributed by atoms with van der Waals surface area (Å²) in [4.78, 5) is 2.47. The molecule has 0 fully saturated rings. The average molecular weight is 257 g/mol. The first-order valence-electron chi connectivity index (χ1n) is 7.82. The summed E-state index contributed by atoms with van der Waals surface area (Å²) in [5.41, 5.74) is 0. The largest absolute Gasteiger partial charge is 0.379 e. The molecular formula is C16H35NO. The molecule has 2 nitrogen and oxygen atoms in total.